The SMILES string of the molecule is CS(=O)(=O)N1CCN(C(=O)c2ccncc2O)CC1. The van der Waals surface area contributed by atoms with Gasteiger partial charge in [-0.1, -0.05) is 0 Å². The van der Waals surface area contributed by atoms with Crippen LogP contribution in [0.2, 0.25) is 0 Å². The van der Waals surface area contributed by atoms with Gasteiger partial charge in [0, 0.05) is 32.4 Å². The lowest BCUT2D eigenvalue weighted by Crippen LogP contribution is -2.50. The maximum absolute atomic E-state index is 12.1. The van der Waals surface area contributed by atoms with Crippen molar-refractivity contribution in [2.24, 2.45) is 0 Å². The van der Waals surface area contributed by atoms with E-state index in [2.05, 4.69) is 4.98 Å². The van der Waals surface area contributed by atoms with E-state index in [0.29, 0.717) is 13.1 Å². The van der Waals surface area contributed by atoms with E-state index in [1.54, 1.807) is 0 Å². The first-order chi connectivity index (χ1) is 8.89. The maximum atomic E-state index is 12.1. The van der Waals surface area contributed by atoms with E-state index in [1.165, 1.54) is 27.7 Å². The van der Waals surface area contributed by atoms with Crippen LogP contribution in [0.4, 0.5) is 0 Å². The Bertz CT molecular complexity index is 579. The Kier molecular flexibility index (Phi) is 3.72. The van der Waals surface area contributed by atoms with Gasteiger partial charge in [-0.3, -0.25) is 9.78 Å². The molecule has 0 atom stereocenters. The molecule has 7 nitrogen and oxygen atoms in total. The van der Waals surface area contributed by atoms with Crippen molar-refractivity contribution in [3.63, 3.8) is 0 Å². The smallest absolute Gasteiger partial charge is 0.257 e. The summed E-state index contributed by atoms with van der Waals surface area (Å²) in [5, 5.41) is 9.58. The maximum Gasteiger partial charge on any atom is 0.257 e. The Balaban J connectivity index is 2.07. The van der Waals surface area contributed by atoms with Gasteiger partial charge in [-0.15, -0.1) is 0 Å². The molecule has 1 N–H and O–H groups in total. The number of hydrogen-bond acceptors (Lipinski definition) is 5. The predicted molar refractivity (Wildman–Crippen MR) is 68.2 cm³/mol. The van der Waals surface area contributed by atoms with Gasteiger partial charge in [-0.2, -0.15) is 4.31 Å². The van der Waals surface area contributed by atoms with E-state index in [4.69, 9.17) is 0 Å². The molecule has 1 aromatic rings. The van der Waals surface area contributed by atoms with Crippen molar-refractivity contribution in [1.29, 1.82) is 0 Å². The molecular formula is C11H15N3O4S. The van der Waals surface area contributed by atoms with Crippen LogP contribution < -0.4 is 0 Å². The van der Waals surface area contributed by atoms with Crippen LogP contribution in [0.25, 0.3) is 0 Å². The van der Waals surface area contributed by atoms with Gasteiger partial charge in [0.25, 0.3) is 5.91 Å². The van der Waals surface area contributed by atoms with E-state index < -0.39 is 10.0 Å². The number of hydrogen-bond donors (Lipinski definition) is 1. The molecule has 0 unspecified atom stereocenters. The zero-order valence-electron chi connectivity index (χ0n) is 10.5. The molecule has 1 aliphatic rings. The van der Waals surface area contributed by atoms with Crippen LogP contribution in [0.1, 0.15) is 10.4 Å². The molecule has 104 valence electrons. The number of piperazine rings is 1. The zero-order chi connectivity index (χ0) is 14.0. The monoisotopic (exact) mass is 285 g/mol. The molecule has 1 aliphatic heterocycles. The molecule has 1 saturated heterocycles. The number of aromatic hydroxyl groups is 1. The zero-order valence-corrected chi connectivity index (χ0v) is 11.3. The van der Waals surface area contributed by atoms with E-state index in [0.717, 1.165) is 6.26 Å². The number of rotatable bonds is 2. The molecule has 0 spiro atoms. The summed E-state index contributed by atoms with van der Waals surface area (Å²) >= 11 is 0. The van der Waals surface area contributed by atoms with E-state index in [1.807, 2.05) is 0 Å². The highest BCUT2D eigenvalue weighted by Crippen LogP contribution is 2.17. The lowest BCUT2D eigenvalue weighted by Gasteiger charge is -2.33. The molecule has 1 aromatic heterocycles. The molecule has 0 aromatic carbocycles. The van der Waals surface area contributed by atoms with Crippen LogP contribution in [0.15, 0.2) is 18.5 Å². The summed E-state index contributed by atoms with van der Waals surface area (Å²) in [6, 6.07) is 1.45. The quantitative estimate of drug-likeness (QED) is 0.791. The standard InChI is InChI=1S/C11H15N3O4S/c1-19(17,18)14-6-4-13(5-7-14)11(16)9-2-3-12-8-10(9)15/h2-3,8,15H,4-7H2,1H3. The number of sulfonamides is 1. The fourth-order valence-corrected chi connectivity index (χ4v) is 2.79. The summed E-state index contributed by atoms with van der Waals surface area (Å²) in [6.45, 7) is 1.17. The van der Waals surface area contributed by atoms with Gasteiger partial charge in [-0.05, 0) is 6.07 Å². The van der Waals surface area contributed by atoms with Crippen LogP contribution in [0.3, 0.4) is 0 Å². The van der Waals surface area contributed by atoms with Crippen molar-refractivity contribution in [3.8, 4) is 5.75 Å². The minimum absolute atomic E-state index is 0.168. The van der Waals surface area contributed by atoms with Crippen LogP contribution in [0.5, 0.6) is 5.75 Å². The number of carbonyl (C=O) groups excluding carboxylic acids is 1. The van der Waals surface area contributed by atoms with Gasteiger partial charge in [0.2, 0.25) is 10.0 Å². The Morgan fingerprint density at radius 1 is 1.32 bits per heavy atom. The number of carbonyl (C=O) groups is 1. The van der Waals surface area contributed by atoms with Crippen molar-refractivity contribution in [3.05, 3.63) is 24.0 Å². The topological polar surface area (TPSA) is 90.8 Å². The third kappa shape index (κ3) is 3.02. The average molecular weight is 285 g/mol. The molecule has 0 aliphatic carbocycles. The fourth-order valence-electron chi connectivity index (χ4n) is 1.96. The number of nitrogens with zero attached hydrogens (tertiary/aromatic N) is 3. The summed E-state index contributed by atoms with van der Waals surface area (Å²) in [5.74, 6) is -0.480. The van der Waals surface area contributed by atoms with Crippen LogP contribution >= 0.6 is 0 Å². The summed E-state index contributed by atoms with van der Waals surface area (Å²) in [7, 11) is -3.21. The van der Waals surface area contributed by atoms with Gasteiger partial charge in [-0.25, -0.2) is 8.42 Å². The molecule has 8 heteroatoms. The summed E-state index contributed by atoms with van der Waals surface area (Å²) in [4.78, 5) is 17.4. The first kappa shape index (κ1) is 13.8. The number of pyridine rings is 1. The fraction of sp³-hybridized carbons (Fsp3) is 0.455. The third-order valence-electron chi connectivity index (χ3n) is 3.03. The Labute approximate surface area is 111 Å². The number of aromatic nitrogens is 1. The minimum Gasteiger partial charge on any atom is -0.505 e. The summed E-state index contributed by atoms with van der Waals surface area (Å²) in [5.41, 5.74) is 0.183. The van der Waals surface area contributed by atoms with E-state index >= 15 is 0 Å². The lowest BCUT2D eigenvalue weighted by atomic mass is 10.2. The molecule has 0 bridgehead atoms. The van der Waals surface area contributed by atoms with Crippen molar-refractivity contribution in [2.45, 2.75) is 0 Å². The largest absolute Gasteiger partial charge is 0.505 e. The van der Waals surface area contributed by atoms with Gasteiger partial charge < -0.3 is 10.0 Å². The van der Waals surface area contributed by atoms with Crippen molar-refractivity contribution < 1.29 is 18.3 Å². The van der Waals surface area contributed by atoms with Crippen LogP contribution in [0, 0.1) is 0 Å². The second-order valence-electron chi connectivity index (χ2n) is 4.35. The van der Waals surface area contributed by atoms with E-state index in [-0.39, 0.29) is 30.3 Å². The highest BCUT2D eigenvalue weighted by molar-refractivity contribution is 7.88. The van der Waals surface area contributed by atoms with Crippen molar-refractivity contribution >= 4 is 15.9 Å². The molecule has 19 heavy (non-hydrogen) atoms. The van der Waals surface area contributed by atoms with Gasteiger partial charge in [0.15, 0.2) is 0 Å². The summed E-state index contributed by atoms with van der Waals surface area (Å²) < 4.78 is 24.1. The molecule has 0 radical (unpaired) electrons. The molecule has 0 saturated carbocycles. The second-order valence-corrected chi connectivity index (χ2v) is 6.33. The molecular weight excluding hydrogens is 270 g/mol. The first-order valence-electron chi connectivity index (χ1n) is 5.77. The van der Waals surface area contributed by atoms with Gasteiger partial charge >= 0.3 is 0 Å². The molecule has 2 heterocycles. The predicted octanol–water partition coefficient (Wildman–Crippen LogP) is -0.495. The first-order valence-corrected chi connectivity index (χ1v) is 7.62. The molecule has 2 rings (SSSR count). The second kappa shape index (κ2) is 5.14. The highest BCUT2D eigenvalue weighted by atomic mass is 32.2. The Hall–Kier alpha value is -1.67. The van der Waals surface area contributed by atoms with E-state index in [9.17, 15) is 18.3 Å². The van der Waals surface area contributed by atoms with Crippen molar-refractivity contribution in [1.82, 2.24) is 14.2 Å². The minimum atomic E-state index is -3.21. The molecule has 1 amide bonds. The van der Waals surface area contributed by atoms with Crippen molar-refractivity contribution in [2.75, 3.05) is 32.4 Å². The number of amides is 1. The third-order valence-corrected chi connectivity index (χ3v) is 4.33. The van der Waals surface area contributed by atoms with Gasteiger partial charge in [0.05, 0.1) is 18.0 Å². The van der Waals surface area contributed by atoms with Crippen LogP contribution in [-0.4, -0.2) is 66.1 Å². The Morgan fingerprint density at radius 2 is 1.95 bits per heavy atom. The summed E-state index contributed by atoms with van der Waals surface area (Å²) in [6.07, 6.45) is 3.79. The highest BCUT2D eigenvalue weighted by Gasteiger charge is 2.27. The Morgan fingerprint density at radius 3 is 2.47 bits per heavy atom. The van der Waals surface area contributed by atoms with Crippen LogP contribution in [-0.2, 0) is 10.0 Å². The lowest BCUT2D eigenvalue weighted by molar-refractivity contribution is 0.0695. The average Bonchev–Trinajstić information content (AvgIpc) is 2.38. The molecule has 1 fully saturated rings. The normalized spacial score (nSPS) is 17.4. The van der Waals surface area contributed by atoms with Gasteiger partial charge in [0.1, 0.15) is 5.75 Å².